The summed E-state index contributed by atoms with van der Waals surface area (Å²) in [5.41, 5.74) is 23.9. The first-order valence-corrected chi connectivity index (χ1v) is 12.2. The normalized spacial score (nSPS) is 18.1. The predicted molar refractivity (Wildman–Crippen MR) is 153 cm³/mol. The number of ether oxygens (including phenoxy) is 1. The highest BCUT2D eigenvalue weighted by Crippen LogP contribution is 2.22. The molecule has 1 rings (SSSR count). The molecule has 1 aliphatic heterocycles. The highest BCUT2D eigenvalue weighted by Gasteiger charge is 2.23. The van der Waals surface area contributed by atoms with Crippen LogP contribution in [0.3, 0.4) is 0 Å². The quantitative estimate of drug-likeness (QED) is 0.104. The van der Waals surface area contributed by atoms with Crippen LogP contribution in [0.4, 0.5) is 0 Å². The van der Waals surface area contributed by atoms with Crippen LogP contribution in [-0.2, 0) is 4.74 Å². The van der Waals surface area contributed by atoms with Gasteiger partial charge in [-0.15, -0.1) is 0 Å². The number of nitrogens with zero attached hydrogens (tertiary/aromatic N) is 2. The first kappa shape index (κ1) is 30.8. The van der Waals surface area contributed by atoms with E-state index in [2.05, 4.69) is 58.9 Å². The van der Waals surface area contributed by atoms with Crippen molar-refractivity contribution in [1.29, 1.82) is 0 Å². The molecule has 1 fully saturated rings. The van der Waals surface area contributed by atoms with E-state index in [1.54, 1.807) is 19.3 Å². The second-order valence-corrected chi connectivity index (χ2v) is 8.55. The molecule has 9 nitrogen and oxygen atoms in total. The van der Waals surface area contributed by atoms with Crippen molar-refractivity contribution < 1.29 is 4.74 Å². The number of amidine groups is 1. The number of rotatable bonds is 12. The molecule has 9 N–H and O–H groups in total. The summed E-state index contributed by atoms with van der Waals surface area (Å²) in [7, 11) is 3.63. The topological polar surface area (TPSA) is 139 Å². The third-order valence-corrected chi connectivity index (χ3v) is 5.68. The lowest BCUT2D eigenvalue weighted by molar-refractivity contribution is 0.161. The van der Waals surface area contributed by atoms with Crippen LogP contribution >= 0.6 is 0 Å². The van der Waals surface area contributed by atoms with E-state index >= 15 is 0 Å². The zero-order chi connectivity index (χ0) is 27.1. The summed E-state index contributed by atoms with van der Waals surface area (Å²) in [6.45, 7) is 17.4. The van der Waals surface area contributed by atoms with Gasteiger partial charge in [-0.25, -0.2) is 0 Å². The van der Waals surface area contributed by atoms with Crippen LogP contribution in [0.25, 0.3) is 0 Å². The molecule has 0 aromatic heterocycles. The van der Waals surface area contributed by atoms with Gasteiger partial charge in [0.05, 0.1) is 37.9 Å². The molecule has 1 aliphatic rings. The van der Waals surface area contributed by atoms with Crippen molar-refractivity contribution in [3.8, 4) is 0 Å². The number of allylic oxidation sites excluding steroid dienone is 7. The molecule has 200 valence electrons. The summed E-state index contributed by atoms with van der Waals surface area (Å²) < 4.78 is 5.96. The molecule has 0 amide bonds. The summed E-state index contributed by atoms with van der Waals surface area (Å²) in [5.74, 6) is 1.20. The van der Waals surface area contributed by atoms with Crippen molar-refractivity contribution >= 4 is 5.84 Å². The van der Waals surface area contributed by atoms with Crippen LogP contribution in [0, 0.1) is 5.92 Å². The van der Waals surface area contributed by atoms with Gasteiger partial charge < -0.3 is 42.8 Å². The Morgan fingerprint density at radius 1 is 1.22 bits per heavy atom. The standard InChI is InChI=1S/C27H46N8O/c1-8-9-23(24(14-28)13-25(34-18-30)20(4)31-6)12-22-15-35(10-11-36-16-22)27(32-7)26(19(2)3)21(5)33-17-29/h8-9,12-14,19,31,33-34H,1,4,10-11,15-18,28-30H2,2-3,5-7H3/b22-12-,23-9+,24-14?,25-13+,26-21?,32-27?. The second kappa shape index (κ2) is 16.4. The fourth-order valence-corrected chi connectivity index (χ4v) is 4.00. The molecular formula is C27H46N8O. The number of aliphatic imine (C=N–C) groups is 1. The van der Waals surface area contributed by atoms with E-state index in [1.807, 2.05) is 26.1 Å². The molecule has 36 heavy (non-hydrogen) atoms. The second-order valence-electron chi connectivity index (χ2n) is 8.55. The van der Waals surface area contributed by atoms with Crippen LogP contribution in [0.1, 0.15) is 20.8 Å². The predicted octanol–water partition coefficient (Wildman–Crippen LogP) is 1.79. The molecule has 0 atom stereocenters. The minimum atomic E-state index is 0.262. The van der Waals surface area contributed by atoms with Gasteiger partial charge in [-0.2, -0.15) is 0 Å². The first-order valence-electron chi connectivity index (χ1n) is 12.2. The Kier molecular flexibility index (Phi) is 14.0. The van der Waals surface area contributed by atoms with Gasteiger partial charge in [0.25, 0.3) is 0 Å². The van der Waals surface area contributed by atoms with Crippen molar-refractivity contribution in [1.82, 2.24) is 20.9 Å². The summed E-state index contributed by atoms with van der Waals surface area (Å²) in [6.07, 6.45) is 9.22. The Morgan fingerprint density at radius 3 is 2.44 bits per heavy atom. The largest absolute Gasteiger partial charge is 0.404 e. The third kappa shape index (κ3) is 9.07. The van der Waals surface area contributed by atoms with E-state index < -0.39 is 0 Å². The van der Waals surface area contributed by atoms with E-state index in [4.69, 9.17) is 21.9 Å². The van der Waals surface area contributed by atoms with E-state index in [9.17, 15) is 0 Å². The maximum absolute atomic E-state index is 6.05. The minimum absolute atomic E-state index is 0.262. The lowest BCUT2D eigenvalue weighted by Crippen LogP contribution is -2.38. The molecule has 0 unspecified atom stereocenters. The molecule has 0 radical (unpaired) electrons. The molecule has 1 heterocycles. The highest BCUT2D eigenvalue weighted by atomic mass is 16.5. The lowest BCUT2D eigenvalue weighted by atomic mass is 9.98. The van der Waals surface area contributed by atoms with Crippen LogP contribution in [0.15, 0.2) is 88.0 Å². The average Bonchev–Trinajstić information content (AvgIpc) is 3.09. The van der Waals surface area contributed by atoms with Crippen LogP contribution in [0.2, 0.25) is 0 Å². The average molecular weight is 499 g/mol. The van der Waals surface area contributed by atoms with Gasteiger partial charge in [-0.3, -0.25) is 4.99 Å². The van der Waals surface area contributed by atoms with E-state index in [0.29, 0.717) is 32.1 Å². The third-order valence-electron chi connectivity index (χ3n) is 5.68. The smallest absolute Gasteiger partial charge is 0.128 e. The maximum atomic E-state index is 6.05. The van der Waals surface area contributed by atoms with Crippen LogP contribution < -0.4 is 33.2 Å². The van der Waals surface area contributed by atoms with Crippen molar-refractivity contribution in [2.75, 3.05) is 53.7 Å². The Labute approximate surface area is 217 Å². The number of likely N-dealkylation sites (N-methyl/N-ethyl adjacent to an activating group) is 1. The Morgan fingerprint density at radius 2 is 1.92 bits per heavy atom. The van der Waals surface area contributed by atoms with Gasteiger partial charge >= 0.3 is 0 Å². The fraction of sp³-hybridized carbons (Fsp3) is 0.444. The molecule has 1 saturated heterocycles. The van der Waals surface area contributed by atoms with Crippen molar-refractivity contribution in [3.63, 3.8) is 0 Å². The summed E-state index contributed by atoms with van der Waals surface area (Å²) in [5, 5.41) is 9.41. The monoisotopic (exact) mass is 498 g/mol. The lowest BCUT2D eigenvalue weighted by Gasteiger charge is -2.29. The minimum Gasteiger partial charge on any atom is -0.404 e. The number of hydrogen-bond acceptors (Lipinski definition) is 8. The van der Waals surface area contributed by atoms with E-state index in [1.165, 1.54) is 0 Å². The molecule has 0 bridgehead atoms. The van der Waals surface area contributed by atoms with Gasteiger partial charge in [0, 0.05) is 44.7 Å². The van der Waals surface area contributed by atoms with E-state index in [-0.39, 0.29) is 12.6 Å². The molecule has 0 spiro atoms. The van der Waals surface area contributed by atoms with Crippen molar-refractivity contribution in [3.05, 3.63) is 83.0 Å². The number of nitrogens with one attached hydrogen (secondary N) is 3. The molecular weight excluding hydrogens is 452 g/mol. The molecule has 0 aliphatic carbocycles. The van der Waals surface area contributed by atoms with Gasteiger partial charge in [0.15, 0.2) is 0 Å². The SMILES string of the molecule is C=C/C=C(\C=C1/COCCN(C(=NC)C(=C(C)NCN)C(C)C)C1)C(=CN)/C=C(/NCN)C(=C)NC. The molecule has 0 aromatic carbocycles. The number of nitrogens with two attached hydrogens (primary N) is 3. The first-order chi connectivity index (χ1) is 17.3. The zero-order valence-corrected chi connectivity index (χ0v) is 22.7. The van der Waals surface area contributed by atoms with Gasteiger partial charge in [0.2, 0.25) is 0 Å². The summed E-state index contributed by atoms with van der Waals surface area (Å²) >= 11 is 0. The zero-order valence-electron chi connectivity index (χ0n) is 22.7. The molecule has 9 heteroatoms. The highest BCUT2D eigenvalue weighted by molar-refractivity contribution is 5.99. The Hall–Kier alpha value is -3.27. The summed E-state index contributed by atoms with van der Waals surface area (Å²) in [6, 6.07) is 0. The molecule has 0 aromatic rings. The molecule has 0 saturated carbocycles. The fourth-order valence-electron chi connectivity index (χ4n) is 4.00. The van der Waals surface area contributed by atoms with Gasteiger partial charge in [-0.05, 0) is 35.6 Å². The van der Waals surface area contributed by atoms with Gasteiger partial charge in [0.1, 0.15) is 5.84 Å². The van der Waals surface area contributed by atoms with E-state index in [0.717, 1.165) is 46.1 Å². The summed E-state index contributed by atoms with van der Waals surface area (Å²) in [4.78, 5) is 6.94. The maximum Gasteiger partial charge on any atom is 0.128 e. The number of hydrogen-bond donors (Lipinski definition) is 6. The van der Waals surface area contributed by atoms with Crippen molar-refractivity contribution in [2.24, 2.45) is 28.1 Å². The van der Waals surface area contributed by atoms with Crippen molar-refractivity contribution in [2.45, 2.75) is 20.8 Å². The Balaban J connectivity index is 3.46. The van der Waals surface area contributed by atoms with Crippen LogP contribution in [0.5, 0.6) is 0 Å². The van der Waals surface area contributed by atoms with Gasteiger partial charge in [-0.1, -0.05) is 45.2 Å². The Bertz CT molecular complexity index is 937. The van der Waals surface area contributed by atoms with Crippen LogP contribution in [-0.4, -0.2) is 64.5 Å².